The van der Waals surface area contributed by atoms with Gasteiger partial charge < -0.3 is 10.2 Å². The van der Waals surface area contributed by atoms with E-state index in [1.807, 2.05) is 23.1 Å². The molecule has 1 amide bonds. The van der Waals surface area contributed by atoms with E-state index in [1.54, 1.807) is 0 Å². The molecule has 1 atom stereocenters. The average Bonchev–Trinajstić information content (AvgIpc) is 2.39. The Hall–Kier alpha value is -1.35. The summed E-state index contributed by atoms with van der Waals surface area (Å²) in [7, 11) is 0. The molecule has 0 saturated carbocycles. The lowest BCUT2D eigenvalue weighted by Crippen LogP contribution is -2.53. The number of nitrogens with zero attached hydrogens (tertiary/aromatic N) is 1. The first-order valence-electron chi connectivity index (χ1n) is 7.06. The molecule has 0 aliphatic carbocycles. The van der Waals surface area contributed by atoms with E-state index >= 15 is 0 Å². The van der Waals surface area contributed by atoms with Crippen molar-refractivity contribution in [3.8, 4) is 0 Å². The predicted octanol–water partition coefficient (Wildman–Crippen LogP) is 2.17. The van der Waals surface area contributed by atoms with Crippen molar-refractivity contribution in [1.29, 1.82) is 0 Å². The van der Waals surface area contributed by atoms with Gasteiger partial charge in [0, 0.05) is 32.1 Å². The van der Waals surface area contributed by atoms with E-state index in [9.17, 15) is 4.79 Å². The maximum absolute atomic E-state index is 12.5. The maximum Gasteiger partial charge on any atom is 0.223 e. The van der Waals surface area contributed by atoms with Crippen LogP contribution in [-0.4, -0.2) is 36.5 Å². The number of rotatable bonds is 3. The third kappa shape index (κ3) is 3.35. The van der Waals surface area contributed by atoms with E-state index in [4.69, 9.17) is 0 Å². The van der Waals surface area contributed by atoms with Crippen LogP contribution in [0.25, 0.3) is 0 Å². The van der Waals surface area contributed by atoms with Crippen molar-refractivity contribution in [3.05, 3.63) is 35.9 Å². The van der Waals surface area contributed by atoms with Gasteiger partial charge in [0.25, 0.3) is 0 Å². The molecular formula is C16H24N2O. The molecular weight excluding hydrogens is 236 g/mol. The van der Waals surface area contributed by atoms with Crippen LogP contribution in [0.3, 0.4) is 0 Å². The molecule has 1 N–H and O–H groups in total. The minimum Gasteiger partial charge on any atom is -0.337 e. The lowest BCUT2D eigenvalue weighted by atomic mass is 9.81. The van der Waals surface area contributed by atoms with Crippen LogP contribution in [0.1, 0.15) is 32.8 Å². The maximum atomic E-state index is 12.5. The molecule has 1 aromatic rings. The van der Waals surface area contributed by atoms with Crippen molar-refractivity contribution in [2.75, 3.05) is 19.6 Å². The van der Waals surface area contributed by atoms with Gasteiger partial charge in [-0.25, -0.2) is 0 Å². The fourth-order valence-electron chi connectivity index (χ4n) is 2.68. The smallest absolute Gasteiger partial charge is 0.223 e. The number of piperazine rings is 1. The third-order valence-corrected chi connectivity index (χ3v) is 3.97. The van der Waals surface area contributed by atoms with Gasteiger partial charge >= 0.3 is 0 Å². The van der Waals surface area contributed by atoms with Crippen LogP contribution in [-0.2, 0) is 10.2 Å². The number of carbonyl (C=O) groups is 1. The Kier molecular flexibility index (Phi) is 4.25. The van der Waals surface area contributed by atoms with Gasteiger partial charge in [0.15, 0.2) is 0 Å². The zero-order valence-corrected chi connectivity index (χ0v) is 12.1. The number of amides is 1. The first-order valence-corrected chi connectivity index (χ1v) is 7.06. The summed E-state index contributed by atoms with van der Waals surface area (Å²) in [6, 6.07) is 10.6. The van der Waals surface area contributed by atoms with Crippen LogP contribution in [0.4, 0.5) is 0 Å². The molecule has 1 heterocycles. The second-order valence-electron chi connectivity index (χ2n) is 6.07. The summed E-state index contributed by atoms with van der Waals surface area (Å²) in [5, 5.41) is 3.32. The zero-order valence-electron chi connectivity index (χ0n) is 12.1. The number of carbonyl (C=O) groups excluding carboxylic acids is 1. The molecule has 0 radical (unpaired) electrons. The highest BCUT2D eigenvalue weighted by molar-refractivity contribution is 5.78. The Morgan fingerprint density at radius 1 is 1.37 bits per heavy atom. The average molecular weight is 260 g/mol. The lowest BCUT2D eigenvalue weighted by molar-refractivity contribution is -0.135. The van der Waals surface area contributed by atoms with Crippen LogP contribution in [0, 0.1) is 0 Å². The minimum atomic E-state index is -0.108. The van der Waals surface area contributed by atoms with Gasteiger partial charge in [-0.1, -0.05) is 44.2 Å². The number of nitrogens with one attached hydrogen (secondary N) is 1. The van der Waals surface area contributed by atoms with Gasteiger partial charge in [-0.3, -0.25) is 4.79 Å². The van der Waals surface area contributed by atoms with Gasteiger partial charge in [0.1, 0.15) is 0 Å². The summed E-state index contributed by atoms with van der Waals surface area (Å²) in [6.45, 7) is 9.03. The van der Waals surface area contributed by atoms with E-state index in [2.05, 4.69) is 38.2 Å². The molecule has 0 unspecified atom stereocenters. The fraction of sp³-hybridized carbons (Fsp3) is 0.562. The quantitative estimate of drug-likeness (QED) is 0.903. The van der Waals surface area contributed by atoms with Crippen LogP contribution in [0.5, 0.6) is 0 Å². The van der Waals surface area contributed by atoms with E-state index < -0.39 is 0 Å². The van der Waals surface area contributed by atoms with Gasteiger partial charge in [-0.05, 0) is 17.9 Å². The highest BCUT2D eigenvalue weighted by Crippen LogP contribution is 2.28. The Bertz CT molecular complexity index is 428. The van der Waals surface area contributed by atoms with Crippen LogP contribution >= 0.6 is 0 Å². The normalized spacial score (nSPS) is 20.4. The van der Waals surface area contributed by atoms with Crippen LogP contribution in [0.2, 0.25) is 0 Å². The number of benzene rings is 1. The van der Waals surface area contributed by atoms with E-state index in [-0.39, 0.29) is 11.3 Å². The van der Waals surface area contributed by atoms with Gasteiger partial charge in [0.2, 0.25) is 5.91 Å². The highest BCUT2D eigenvalue weighted by Gasteiger charge is 2.29. The summed E-state index contributed by atoms with van der Waals surface area (Å²) >= 11 is 0. The minimum absolute atomic E-state index is 0.108. The van der Waals surface area contributed by atoms with Crippen molar-refractivity contribution < 1.29 is 4.79 Å². The molecule has 3 nitrogen and oxygen atoms in total. The second-order valence-corrected chi connectivity index (χ2v) is 6.07. The monoisotopic (exact) mass is 260 g/mol. The number of hydrogen-bond acceptors (Lipinski definition) is 2. The Labute approximate surface area is 116 Å². The van der Waals surface area contributed by atoms with Crippen LogP contribution in [0.15, 0.2) is 30.3 Å². The Morgan fingerprint density at radius 3 is 2.68 bits per heavy atom. The number of hydrogen-bond donors (Lipinski definition) is 1. The molecule has 104 valence electrons. The Balaban J connectivity index is 2.05. The first kappa shape index (κ1) is 14.1. The highest BCUT2D eigenvalue weighted by atomic mass is 16.2. The summed E-state index contributed by atoms with van der Waals surface area (Å²) in [5.41, 5.74) is 1.12. The summed E-state index contributed by atoms with van der Waals surface area (Å²) in [4.78, 5) is 14.5. The summed E-state index contributed by atoms with van der Waals surface area (Å²) in [6.07, 6.45) is 0.571. The van der Waals surface area contributed by atoms with Crippen molar-refractivity contribution in [1.82, 2.24) is 10.2 Å². The molecule has 0 spiro atoms. The first-order chi connectivity index (χ1) is 9.00. The lowest BCUT2D eigenvalue weighted by Gasteiger charge is -2.36. The largest absolute Gasteiger partial charge is 0.337 e. The van der Waals surface area contributed by atoms with Crippen molar-refractivity contribution >= 4 is 5.91 Å². The van der Waals surface area contributed by atoms with Crippen molar-refractivity contribution in [3.63, 3.8) is 0 Å². The summed E-state index contributed by atoms with van der Waals surface area (Å²) in [5.74, 6) is 0.267. The standard InChI is InChI=1S/C16H24N2O/c1-13-12-17-9-10-18(13)15(19)11-16(2,3)14-7-5-4-6-8-14/h4-8,13,17H,9-12H2,1-3H3/t13-/m1/s1. The van der Waals surface area contributed by atoms with E-state index in [1.165, 1.54) is 5.56 Å². The van der Waals surface area contributed by atoms with E-state index in [0.717, 1.165) is 19.6 Å². The molecule has 1 aliphatic rings. The Morgan fingerprint density at radius 2 is 2.05 bits per heavy atom. The fourth-order valence-corrected chi connectivity index (χ4v) is 2.68. The van der Waals surface area contributed by atoms with Gasteiger partial charge in [-0.15, -0.1) is 0 Å². The second kappa shape index (κ2) is 5.74. The topological polar surface area (TPSA) is 32.3 Å². The van der Waals surface area contributed by atoms with Crippen molar-refractivity contribution in [2.45, 2.75) is 38.6 Å². The van der Waals surface area contributed by atoms with Gasteiger partial charge in [-0.2, -0.15) is 0 Å². The van der Waals surface area contributed by atoms with Gasteiger partial charge in [0.05, 0.1) is 0 Å². The molecule has 19 heavy (non-hydrogen) atoms. The molecule has 1 saturated heterocycles. The zero-order chi connectivity index (χ0) is 13.9. The molecule has 0 bridgehead atoms. The molecule has 1 aliphatic heterocycles. The third-order valence-electron chi connectivity index (χ3n) is 3.97. The molecule has 1 aromatic carbocycles. The van der Waals surface area contributed by atoms with E-state index in [0.29, 0.717) is 12.5 Å². The van der Waals surface area contributed by atoms with Crippen molar-refractivity contribution in [2.24, 2.45) is 0 Å². The molecule has 3 heteroatoms. The molecule has 2 rings (SSSR count). The predicted molar refractivity (Wildman–Crippen MR) is 78.1 cm³/mol. The summed E-state index contributed by atoms with van der Waals surface area (Å²) < 4.78 is 0. The SMILES string of the molecule is C[C@@H]1CNCCN1C(=O)CC(C)(C)c1ccccc1. The van der Waals surface area contributed by atoms with Crippen LogP contribution < -0.4 is 5.32 Å². The molecule has 0 aromatic heterocycles. The molecule has 1 fully saturated rings.